The maximum Gasteiger partial charge on any atom is 0.286 e. The summed E-state index contributed by atoms with van der Waals surface area (Å²) in [5.74, 6) is -0.202. The number of ether oxygens (including phenoxy) is 2. The van der Waals surface area contributed by atoms with E-state index < -0.39 is 21.7 Å². The van der Waals surface area contributed by atoms with Crippen LogP contribution in [-0.4, -0.2) is 39.5 Å². The number of fused-ring (bicyclic) bond motifs is 1. The van der Waals surface area contributed by atoms with Gasteiger partial charge in [0.25, 0.3) is 10.0 Å². The van der Waals surface area contributed by atoms with Gasteiger partial charge in [-0.1, -0.05) is 11.8 Å². The fraction of sp³-hybridized carbons (Fsp3) is 0.176. The molecule has 1 aliphatic heterocycles. The van der Waals surface area contributed by atoms with Crippen LogP contribution < -0.4 is 20.1 Å². The van der Waals surface area contributed by atoms with Crippen molar-refractivity contribution in [2.75, 3.05) is 30.6 Å². The van der Waals surface area contributed by atoms with Gasteiger partial charge in [-0.2, -0.15) is 8.42 Å². The van der Waals surface area contributed by atoms with E-state index in [4.69, 9.17) is 9.47 Å². The largest absolute Gasteiger partial charge is 0.497 e. The number of benzene rings is 2. The molecule has 3 rings (SSSR count). The molecule has 11 heteroatoms. The van der Waals surface area contributed by atoms with Gasteiger partial charge in [-0.25, -0.2) is 4.39 Å². The summed E-state index contributed by atoms with van der Waals surface area (Å²) in [4.78, 5) is 12.0. The fourth-order valence-corrected chi connectivity index (χ4v) is 4.45. The predicted octanol–water partition coefficient (Wildman–Crippen LogP) is 2.69. The van der Waals surface area contributed by atoms with E-state index in [0.717, 1.165) is 23.9 Å². The van der Waals surface area contributed by atoms with Crippen LogP contribution >= 0.6 is 11.8 Å². The first-order chi connectivity index (χ1) is 13.3. The molecule has 1 heterocycles. The molecule has 0 fully saturated rings. The molecule has 0 atom stereocenters. The van der Waals surface area contributed by atoms with E-state index in [1.54, 1.807) is 18.2 Å². The lowest BCUT2D eigenvalue weighted by molar-refractivity contribution is -0.113. The van der Waals surface area contributed by atoms with Crippen molar-refractivity contribution in [3.63, 3.8) is 0 Å². The van der Waals surface area contributed by atoms with E-state index in [0.29, 0.717) is 17.2 Å². The Bertz CT molecular complexity index is 1060. The Hall–Kier alpha value is -2.79. The number of methoxy groups -OCH3 is 2. The number of rotatable bonds is 5. The van der Waals surface area contributed by atoms with Crippen molar-refractivity contribution in [2.24, 2.45) is 4.40 Å². The number of carbonyl (C=O) groups excluding carboxylic acids is 1. The molecule has 0 bridgehead atoms. The topological polar surface area (TPSA) is 106 Å². The standard InChI is InChI=1S/C17H16FN3O5S2/c1-25-11-4-6-14(26-2)13(8-11)19-16(22)9-27-17-20-12-5-3-10(18)7-15(12)28(23,24)21-17/h3-8H,9H2,1-2H3,(H,19,22)(H,20,21). The summed E-state index contributed by atoms with van der Waals surface area (Å²) >= 11 is 0.900. The number of hydrogen-bond donors (Lipinski definition) is 2. The Morgan fingerprint density at radius 3 is 2.71 bits per heavy atom. The molecular formula is C17H16FN3O5S2. The summed E-state index contributed by atoms with van der Waals surface area (Å²) in [6.07, 6.45) is 0. The molecule has 148 valence electrons. The average molecular weight is 425 g/mol. The number of anilines is 2. The number of carbonyl (C=O) groups is 1. The van der Waals surface area contributed by atoms with Gasteiger partial charge in [0.15, 0.2) is 5.17 Å². The van der Waals surface area contributed by atoms with Crippen LogP contribution in [0.5, 0.6) is 11.5 Å². The molecule has 28 heavy (non-hydrogen) atoms. The van der Waals surface area contributed by atoms with Crippen LogP contribution in [0.2, 0.25) is 0 Å². The van der Waals surface area contributed by atoms with Gasteiger partial charge < -0.3 is 20.1 Å². The smallest absolute Gasteiger partial charge is 0.286 e. The minimum absolute atomic E-state index is 0.0202. The minimum atomic E-state index is -4.04. The Kier molecular flexibility index (Phi) is 5.75. The van der Waals surface area contributed by atoms with Crippen LogP contribution in [0, 0.1) is 5.82 Å². The lowest BCUT2D eigenvalue weighted by Crippen LogP contribution is -2.22. The molecule has 2 N–H and O–H groups in total. The van der Waals surface area contributed by atoms with Crippen LogP contribution in [0.4, 0.5) is 15.8 Å². The molecule has 2 aromatic rings. The minimum Gasteiger partial charge on any atom is -0.497 e. The average Bonchev–Trinajstić information content (AvgIpc) is 2.66. The summed E-state index contributed by atoms with van der Waals surface area (Å²) in [5.41, 5.74) is 0.619. The molecule has 0 unspecified atom stereocenters. The molecule has 2 aromatic carbocycles. The highest BCUT2D eigenvalue weighted by atomic mass is 32.2. The Morgan fingerprint density at radius 1 is 1.21 bits per heavy atom. The molecular weight excluding hydrogens is 409 g/mol. The zero-order valence-corrected chi connectivity index (χ0v) is 16.5. The summed E-state index contributed by atoms with van der Waals surface area (Å²) < 4.78 is 51.6. The molecule has 1 aliphatic rings. The molecule has 0 radical (unpaired) electrons. The zero-order chi connectivity index (χ0) is 20.3. The van der Waals surface area contributed by atoms with Crippen molar-refractivity contribution in [2.45, 2.75) is 4.90 Å². The first-order valence-electron chi connectivity index (χ1n) is 7.88. The summed E-state index contributed by atoms with van der Waals surface area (Å²) in [7, 11) is -1.07. The first-order valence-corrected chi connectivity index (χ1v) is 10.3. The lowest BCUT2D eigenvalue weighted by Gasteiger charge is -2.17. The van der Waals surface area contributed by atoms with E-state index in [2.05, 4.69) is 15.0 Å². The van der Waals surface area contributed by atoms with Crippen molar-refractivity contribution >= 4 is 44.2 Å². The number of nitrogens with one attached hydrogen (secondary N) is 2. The maximum atomic E-state index is 13.3. The molecule has 1 amide bonds. The molecule has 0 aliphatic carbocycles. The van der Waals surface area contributed by atoms with Gasteiger partial charge in [0, 0.05) is 6.07 Å². The van der Waals surface area contributed by atoms with Crippen molar-refractivity contribution in [3.05, 3.63) is 42.2 Å². The van der Waals surface area contributed by atoms with E-state index in [-0.39, 0.29) is 21.5 Å². The second-order valence-corrected chi connectivity index (χ2v) is 8.08. The van der Waals surface area contributed by atoms with Crippen LogP contribution in [-0.2, 0) is 14.8 Å². The van der Waals surface area contributed by atoms with Gasteiger partial charge in [0.2, 0.25) is 5.91 Å². The third-order valence-corrected chi connectivity index (χ3v) is 5.99. The molecule has 0 aromatic heterocycles. The quantitative estimate of drug-likeness (QED) is 0.759. The Morgan fingerprint density at radius 2 is 2.00 bits per heavy atom. The predicted molar refractivity (Wildman–Crippen MR) is 105 cm³/mol. The first kappa shape index (κ1) is 20.0. The van der Waals surface area contributed by atoms with Gasteiger partial charge in [0.1, 0.15) is 22.2 Å². The lowest BCUT2D eigenvalue weighted by atomic mass is 10.2. The highest BCUT2D eigenvalue weighted by Crippen LogP contribution is 2.31. The molecule has 0 saturated heterocycles. The Labute approximate surface area is 165 Å². The van der Waals surface area contributed by atoms with Crippen molar-refractivity contribution in [3.8, 4) is 11.5 Å². The summed E-state index contributed by atoms with van der Waals surface area (Å²) in [6, 6.07) is 8.28. The monoisotopic (exact) mass is 425 g/mol. The number of sulfonamides is 1. The number of amidine groups is 1. The van der Waals surface area contributed by atoms with Crippen molar-refractivity contribution < 1.29 is 27.1 Å². The van der Waals surface area contributed by atoms with Gasteiger partial charge in [-0.15, -0.1) is 4.40 Å². The van der Waals surface area contributed by atoms with Gasteiger partial charge in [-0.3, -0.25) is 4.79 Å². The molecule has 0 saturated carbocycles. The van der Waals surface area contributed by atoms with E-state index in [9.17, 15) is 17.6 Å². The van der Waals surface area contributed by atoms with Crippen LogP contribution in [0.1, 0.15) is 0 Å². The third kappa shape index (κ3) is 4.37. The van der Waals surface area contributed by atoms with Crippen molar-refractivity contribution in [1.82, 2.24) is 0 Å². The third-order valence-electron chi connectivity index (χ3n) is 3.69. The molecule has 8 nitrogen and oxygen atoms in total. The van der Waals surface area contributed by atoms with Crippen LogP contribution in [0.25, 0.3) is 0 Å². The number of nitrogens with zero attached hydrogens (tertiary/aromatic N) is 1. The van der Waals surface area contributed by atoms with Gasteiger partial charge in [-0.05, 0) is 30.3 Å². The summed E-state index contributed by atoms with van der Waals surface area (Å²) in [5, 5.41) is 5.48. The second kappa shape index (κ2) is 8.07. The van der Waals surface area contributed by atoms with Crippen molar-refractivity contribution in [1.29, 1.82) is 0 Å². The Balaban J connectivity index is 1.69. The van der Waals surface area contributed by atoms with E-state index in [1.165, 1.54) is 20.3 Å². The highest BCUT2D eigenvalue weighted by Gasteiger charge is 2.26. The zero-order valence-electron chi connectivity index (χ0n) is 14.9. The number of hydrogen-bond acceptors (Lipinski definition) is 7. The van der Waals surface area contributed by atoms with E-state index in [1.807, 2.05) is 0 Å². The van der Waals surface area contributed by atoms with Crippen LogP contribution in [0.3, 0.4) is 0 Å². The second-order valence-electron chi connectivity index (χ2n) is 5.54. The molecule has 0 spiro atoms. The maximum absolute atomic E-state index is 13.3. The van der Waals surface area contributed by atoms with Gasteiger partial charge in [0.05, 0.1) is 31.3 Å². The number of amides is 1. The number of halogens is 1. The van der Waals surface area contributed by atoms with Crippen LogP contribution in [0.15, 0.2) is 45.7 Å². The SMILES string of the molecule is COc1ccc(OC)c(NC(=O)CSC2=NS(=O)(=O)c3cc(F)ccc3N2)c1. The number of thioether (sulfide) groups is 1. The summed E-state index contributed by atoms with van der Waals surface area (Å²) in [6.45, 7) is 0. The van der Waals surface area contributed by atoms with Gasteiger partial charge >= 0.3 is 0 Å². The fourth-order valence-electron chi connectivity index (χ4n) is 2.40. The van der Waals surface area contributed by atoms with E-state index >= 15 is 0 Å². The normalized spacial score (nSPS) is 14.3. The highest BCUT2D eigenvalue weighted by molar-refractivity contribution is 8.15.